The fraction of sp³-hybridized carbons (Fsp3) is 0.371. The molecule has 0 aliphatic carbocycles. The average molecular weight is 586 g/mol. The molecule has 0 saturated carbocycles. The molecule has 8 nitrogen and oxygen atoms in total. The van der Waals surface area contributed by atoms with E-state index >= 15 is 0 Å². The van der Waals surface area contributed by atoms with Crippen LogP contribution in [0.25, 0.3) is 0 Å². The van der Waals surface area contributed by atoms with Crippen molar-refractivity contribution >= 4 is 24.3 Å². The second kappa shape index (κ2) is 13.2. The maximum atomic E-state index is 12.9. The zero-order chi connectivity index (χ0) is 31.2. The van der Waals surface area contributed by atoms with Gasteiger partial charge < -0.3 is 28.7 Å². The van der Waals surface area contributed by atoms with Gasteiger partial charge in [-0.2, -0.15) is 0 Å². The van der Waals surface area contributed by atoms with Crippen molar-refractivity contribution in [2.75, 3.05) is 26.9 Å². The highest BCUT2D eigenvalue weighted by Gasteiger charge is 2.27. The molecule has 226 valence electrons. The number of hydrogen-bond acceptors (Lipinski definition) is 7. The Labute approximate surface area is 252 Å². The zero-order valence-electron chi connectivity index (χ0n) is 25.5. The number of nitrogens with zero attached hydrogens (tertiary/aromatic N) is 1. The van der Waals surface area contributed by atoms with Crippen LogP contribution in [0.2, 0.25) is 0 Å². The average Bonchev–Trinajstić information content (AvgIpc) is 3.30. The number of carbonyl (C=O) groups excluding carboxylic acids is 4. The number of ketones is 1. The molecule has 3 aromatic rings. The summed E-state index contributed by atoms with van der Waals surface area (Å²) >= 11 is 0. The van der Waals surface area contributed by atoms with E-state index in [2.05, 4.69) is 0 Å². The van der Waals surface area contributed by atoms with Crippen molar-refractivity contribution in [2.45, 2.75) is 57.9 Å². The van der Waals surface area contributed by atoms with Gasteiger partial charge >= 0.3 is 0 Å². The molecule has 0 aromatic heterocycles. The van der Waals surface area contributed by atoms with E-state index in [1.54, 1.807) is 30.2 Å². The molecule has 0 atom stereocenters. The van der Waals surface area contributed by atoms with Gasteiger partial charge in [-0.25, -0.2) is 0 Å². The van der Waals surface area contributed by atoms with Gasteiger partial charge in [0, 0.05) is 23.8 Å². The van der Waals surface area contributed by atoms with E-state index in [9.17, 15) is 19.2 Å². The van der Waals surface area contributed by atoms with Crippen molar-refractivity contribution in [1.82, 2.24) is 4.90 Å². The maximum absolute atomic E-state index is 12.9. The molecule has 3 aromatic carbocycles. The molecule has 2 aliphatic heterocycles. The normalized spacial score (nSPS) is 14.9. The summed E-state index contributed by atoms with van der Waals surface area (Å²) in [6.07, 6.45) is 3.10. The van der Waals surface area contributed by atoms with Crippen LogP contribution in [-0.2, 0) is 27.0 Å². The minimum atomic E-state index is -0.615. The van der Waals surface area contributed by atoms with Crippen LogP contribution in [0.3, 0.4) is 0 Å². The van der Waals surface area contributed by atoms with Gasteiger partial charge in [-0.1, -0.05) is 24.3 Å². The predicted octanol–water partition coefficient (Wildman–Crippen LogP) is 5.72. The number of rotatable bonds is 7. The van der Waals surface area contributed by atoms with Crippen molar-refractivity contribution < 1.29 is 33.4 Å². The van der Waals surface area contributed by atoms with Crippen LogP contribution in [0.5, 0.6) is 17.2 Å². The Morgan fingerprint density at radius 2 is 1.35 bits per heavy atom. The topological polar surface area (TPSA) is 99.2 Å². The van der Waals surface area contributed by atoms with E-state index in [1.807, 2.05) is 70.2 Å². The van der Waals surface area contributed by atoms with E-state index in [-0.39, 0.29) is 11.7 Å². The molecule has 43 heavy (non-hydrogen) atoms. The van der Waals surface area contributed by atoms with E-state index in [0.29, 0.717) is 55.4 Å². The summed E-state index contributed by atoms with van der Waals surface area (Å²) < 4.78 is 16.5. The first-order chi connectivity index (χ1) is 20.5. The fourth-order valence-corrected chi connectivity index (χ4v) is 4.82. The number of hydrogen-bond donors (Lipinski definition) is 0. The van der Waals surface area contributed by atoms with Crippen LogP contribution in [0.1, 0.15) is 77.9 Å². The molecule has 0 spiro atoms. The third-order valence-corrected chi connectivity index (χ3v) is 7.82. The Morgan fingerprint density at radius 1 is 0.791 bits per heavy atom. The van der Waals surface area contributed by atoms with Crippen molar-refractivity contribution in [3.63, 3.8) is 0 Å². The second-order valence-corrected chi connectivity index (χ2v) is 11.9. The molecule has 5 rings (SSSR count). The SMILES string of the molecule is CC(C)(C=O)c1ccc2c(c1)OCCCC2=O.COc1ccc(CN2CCOc3cc(C(C)(C)C=O)ccc3C2=O)cc1. The minimum absolute atomic E-state index is 0.0659. The van der Waals surface area contributed by atoms with Gasteiger partial charge in [0.1, 0.15) is 36.4 Å². The first-order valence-corrected chi connectivity index (χ1v) is 14.4. The van der Waals surface area contributed by atoms with Gasteiger partial charge in [0.2, 0.25) is 0 Å². The molecule has 0 saturated heterocycles. The van der Waals surface area contributed by atoms with Crippen LogP contribution in [0.15, 0.2) is 60.7 Å². The summed E-state index contributed by atoms with van der Waals surface area (Å²) in [5.74, 6) is 1.99. The summed E-state index contributed by atoms with van der Waals surface area (Å²) in [5.41, 5.74) is 2.74. The third kappa shape index (κ3) is 7.31. The lowest BCUT2D eigenvalue weighted by molar-refractivity contribution is -0.112. The smallest absolute Gasteiger partial charge is 0.258 e. The summed E-state index contributed by atoms with van der Waals surface area (Å²) in [4.78, 5) is 48.8. The largest absolute Gasteiger partial charge is 0.497 e. The van der Waals surface area contributed by atoms with Gasteiger partial charge in [0.25, 0.3) is 5.91 Å². The Balaban J connectivity index is 0.000000215. The Hall–Kier alpha value is -4.46. The molecular formula is C35H39NO7. The monoisotopic (exact) mass is 585 g/mol. The molecule has 0 bridgehead atoms. The molecule has 2 aliphatic rings. The number of benzene rings is 3. The number of amides is 1. The Morgan fingerprint density at radius 3 is 1.93 bits per heavy atom. The number of carbonyl (C=O) groups is 4. The Kier molecular flexibility index (Phi) is 9.69. The number of fused-ring (bicyclic) bond motifs is 2. The third-order valence-electron chi connectivity index (χ3n) is 7.82. The number of Topliss-reactive ketones (excluding diaryl/α,β-unsaturated/α-hetero) is 1. The van der Waals surface area contributed by atoms with Crippen LogP contribution in [-0.4, -0.2) is 56.0 Å². The lowest BCUT2D eigenvalue weighted by atomic mass is 9.85. The van der Waals surface area contributed by atoms with Crippen molar-refractivity contribution in [1.29, 1.82) is 0 Å². The zero-order valence-corrected chi connectivity index (χ0v) is 25.5. The first-order valence-electron chi connectivity index (χ1n) is 14.4. The van der Waals surface area contributed by atoms with Gasteiger partial charge in [0.15, 0.2) is 5.78 Å². The fourth-order valence-electron chi connectivity index (χ4n) is 4.82. The van der Waals surface area contributed by atoms with Gasteiger partial charge in [-0.05, 0) is 87.2 Å². The molecule has 1 amide bonds. The summed E-state index contributed by atoms with van der Waals surface area (Å²) in [6, 6.07) is 18.5. The molecule has 0 unspecified atom stereocenters. The van der Waals surface area contributed by atoms with E-state index in [4.69, 9.17) is 14.2 Å². The quantitative estimate of drug-likeness (QED) is 0.327. The standard InChI is InChI=1S/C21H23NO4.C14H16O3/c1-21(2,14-23)16-6-9-18-19(12-16)26-11-10-22(20(18)24)13-15-4-7-17(25-3)8-5-15;1-14(2,9-15)10-5-6-11-12(16)4-3-7-17-13(11)8-10/h4-9,12,14H,10-11,13H2,1-3H3;5-6,8-9H,3-4,7H2,1-2H3. The van der Waals surface area contributed by atoms with E-state index < -0.39 is 10.8 Å². The Bertz CT molecular complexity index is 1490. The summed E-state index contributed by atoms with van der Waals surface area (Å²) in [5, 5.41) is 0. The minimum Gasteiger partial charge on any atom is -0.497 e. The van der Waals surface area contributed by atoms with E-state index in [1.165, 1.54) is 0 Å². The van der Waals surface area contributed by atoms with Crippen LogP contribution in [0, 0.1) is 0 Å². The number of methoxy groups -OCH3 is 1. The molecule has 0 N–H and O–H groups in total. The van der Waals surface area contributed by atoms with Gasteiger partial charge in [-0.15, -0.1) is 0 Å². The molecule has 0 radical (unpaired) electrons. The van der Waals surface area contributed by atoms with Crippen LogP contribution < -0.4 is 14.2 Å². The van der Waals surface area contributed by atoms with Crippen molar-refractivity contribution in [3.8, 4) is 17.2 Å². The van der Waals surface area contributed by atoms with Crippen LogP contribution >= 0.6 is 0 Å². The molecule has 0 fully saturated rings. The molecule has 8 heteroatoms. The lowest BCUT2D eigenvalue weighted by Crippen LogP contribution is -2.31. The highest BCUT2D eigenvalue weighted by atomic mass is 16.5. The maximum Gasteiger partial charge on any atom is 0.258 e. The molecule has 2 heterocycles. The highest BCUT2D eigenvalue weighted by molar-refractivity contribution is 5.99. The van der Waals surface area contributed by atoms with E-state index in [0.717, 1.165) is 41.4 Å². The van der Waals surface area contributed by atoms with Crippen molar-refractivity contribution in [3.05, 3.63) is 88.5 Å². The number of aldehydes is 2. The summed E-state index contributed by atoms with van der Waals surface area (Å²) in [6.45, 7) is 9.37. The lowest BCUT2D eigenvalue weighted by Gasteiger charge is -2.21. The summed E-state index contributed by atoms with van der Waals surface area (Å²) in [7, 11) is 1.63. The van der Waals surface area contributed by atoms with Crippen LogP contribution in [0.4, 0.5) is 0 Å². The first kappa shape index (κ1) is 31.5. The highest BCUT2D eigenvalue weighted by Crippen LogP contribution is 2.32. The molecular weight excluding hydrogens is 546 g/mol. The van der Waals surface area contributed by atoms with Gasteiger partial charge in [0.05, 0.1) is 31.4 Å². The van der Waals surface area contributed by atoms with Gasteiger partial charge in [-0.3, -0.25) is 9.59 Å². The predicted molar refractivity (Wildman–Crippen MR) is 163 cm³/mol. The second-order valence-electron chi connectivity index (χ2n) is 11.9. The number of ether oxygens (including phenoxy) is 3. The van der Waals surface area contributed by atoms with Crippen molar-refractivity contribution in [2.24, 2.45) is 0 Å².